The second kappa shape index (κ2) is 6.82. The third-order valence-electron chi connectivity index (χ3n) is 1.74. The van der Waals surface area contributed by atoms with Crippen molar-refractivity contribution in [3.8, 4) is 0 Å². The number of carboxylic acids is 1. The summed E-state index contributed by atoms with van der Waals surface area (Å²) < 4.78 is 0. The minimum absolute atomic E-state index is 0.0215. The molecular weight excluding hydrogens is 174 g/mol. The van der Waals surface area contributed by atoms with Gasteiger partial charge in [-0.15, -0.1) is 0 Å². The minimum atomic E-state index is -1.01. The Morgan fingerprint density at radius 1 is 1.54 bits per heavy atom. The predicted molar refractivity (Wildman–Crippen MR) is 47.5 cm³/mol. The fourth-order valence-corrected chi connectivity index (χ4v) is 1.08. The van der Waals surface area contributed by atoms with E-state index in [1.165, 1.54) is 0 Å². The van der Waals surface area contributed by atoms with E-state index in [9.17, 15) is 9.90 Å². The molecule has 0 amide bonds. The lowest BCUT2D eigenvalue weighted by atomic mass is 10.2. The summed E-state index contributed by atoms with van der Waals surface area (Å²) in [6.45, 7) is 3.37. The van der Waals surface area contributed by atoms with Gasteiger partial charge in [-0.05, 0) is 6.54 Å². The molecule has 0 aromatic carbocycles. The van der Waals surface area contributed by atoms with Gasteiger partial charge in [0, 0.05) is 13.1 Å². The SMILES string of the molecule is CCN(CCO)CC(O)CC(=O)O. The summed E-state index contributed by atoms with van der Waals surface area (Å²) in [5, 5.41) is 26.2. The van der Waals surface area contributed by atoms with Crippen LogP contribution >= 0.6 is 0 Å². The average Bonchev–Trinajstić information content (AvgIpc) is 2.02. The molecule has 0 fully saturated rings. The monoisotopic (exact) mass is 191 g/mol. The number of rotatable bonds is 7. The van der Waals surface area contributed by atoms with E-state index >= 15 is 0 Å². The zero-order valence-electron chi connectivity index (χ0n) is 7.81. The van der Waals surface area contributed by atoms with Gasteiger partial charge in [-0.2, -0.15) is 0 Å². The lowest BCUT2D eigenvalue weighted by molar-refractivity contribution is -0.139. The molecule has 1 unspecified atom stereocenters. The molecule has 5 heteroatoms. The highest BCUT2D eigenvalue weighted by Gasteiger charge is 2.12. The van der Waals surface area contributed by atoms with Crippen LogP contribution in [0.25, 0.3) is 0 Å². The van der Waals surface area contributed by atoms with Crippen LogP contribution in [0.15, 0.2) is 0 Å². The molecule has 78 valence electrons. The first-order valence-electron chi connectivity index (χ1n) is 4.33. The number of hydrogen-bond acceptors (Lipinski definition) is 4. The van der Waals surface area contributed by atoms with Gasteiger partial charge in [0.25, 0.3) is 0 Å². The summed E-state index contributed by atoms with van der Waals surface area (Å²) in [4.78, 5) is 12.0. The highest BCUT2D eigenvalue weighted by atomic mass is 16.4. The number of carboxylic acid groups (broad SMARTS) is 1. The summed E-state index contributed by atoms with van der Waals surface area (Å²) in [5.74, 6) is -1.01. The lowest BCUT2D eigenvalue weighted by Gasteiger charge is -2.21. The molecular formula is C8H17NO4. The maximum absolute atomic E-state index is 10.2. The van der Waals surface area contributed by atoms with Crippen LogP contribution in [0.4, 0.5) is 0 Å². The number of aliphatic carboxylic acids is 1. The Labute approximate surface area is 77.6 Å². The second-order valence-corrected chi connectivity index (χ2v) is 2.87. The van der Waals surface area contributed by atoms with Gasteiger partial charge in [0.15, 0.2) is 0 Å². The average molecular weight is 191 g/mol. The Hall–Kier alpha value is -0.650. The molecule has 0 saturated heterocycles. The quantitative estimate of drug-likeness (QED) is 0.487. The number of aliphatic hydroxyl groups excluding tert-OH is 2. The predicted octanol–water partition coefficient (Wildman–Crippen LogP) is -0.864. The van der Waals surface area contributed by atoms with Gasteiger partial charge in [-0.3, -0.25) is 9.69 Å². The number of aliphatic hydroxyl groups is 2. The van der Waals surface area contributed by atoms with Crippen LogP contribution in [-0.2, 0) is 4.79 Å². The largest absolute Gasteiger partial charge is 0.481 e. The van der Waals surface area contributed by atoms with Crippen LogP contribution in [-0.4, -0.2) is 58.5 Å². The Morgan fingerprint density at radius 2 is 2.15 bits per heavy atom. The Bertz CT molecular complexity index is 151. The van der Waals surface area contributed by atoms with Crippen molar-refractivity contribution in [2.24, 2.45) is 0 Å². The fraction of sp³-hybridized carbons (Fsp3) is 0.875. The van der Waals surface area contributed by atoms with Crippen molar-refractivity contribution >= 4 is 5.97 Å². The molecule has 0 rings (SSSR count). The van der Waals surface area contributed by atoms with Crippen molar-refractivity contribution in [3.63, 3.8) is 0 Å². The number of likely N-dealkylation sites (N-methyl/N-ethyl adjacent to an activating group) is 1. The van der Waals surface area contributed by atoms with Crippen LogP contribution in [0.3, 0.4) is 0 Å². The summed E-state index contributed by atoms with van der Waals surface area (Å²) in [6.07, 6.45) is -1.11. The third kappa shape index (κ3) is 6.51. The maximum atomic E-state index is 10.2. The molecule has 0 aromatic heterocycles. The van der Waals surface area contributed by atoms with Gasteiger partial charge in [-0.1, -0.05) is 6.92 Å². The van der Waals surface area contributed by atoms with Crippen molar-refractivity contribution in [2.45, 2.75) is 19.4 Å². The highest BCUT2D eigenvalue weighted by Crippen LogP contribution is 1.96. The first kappa shape index (κ1) is 12.3. The molecule has 0 saturated carbocycles. The van der Waals surface area contributed by atoms with E-state index < -0.39 is 12.1 Å². The molecule has 1 atom stereocenters. The van der Waals surface area contributed by atoms with E-state index in [4.69, 9.17) is 10.2 Å². The van der Waals surface area contributed by atoms with E-state index in [0.717, 1.165) is 0 Å². The molecule has 0 radical (unpaired) electrons. The fourth-order valence-electron chi connectivity index (χ4n) is 1.08. The van der Waals surface area contributed by atoms with Crippen LogP contribution in [0, 0.1) is 0 Å². The van der Waals surface area contributed by atoms with Gasteiger partial charge in [0.1, 0.15) is 0 Å². The van der Waals surface area contributed by atoms with Crippen molar-refractivity contribution in [2.75, 3.05) is 26.2 Å². The normalized spacial score (nSPS) is 13.2. The first-order valence-corrected chi connectivity index (χ1v) is 4.33. The zero-order chi connectivity index (χ0) is 10.3. The molecule has 0 spiro atoms. The third-order valence-corrected chi connectivity index (χ3v) is 1.74. The first-order chi connectivity index (χ1) is 6.10. The molecule has 3 N–H and O–H groups in total. The van der Waals surface area contributed by atoms with Gasteiger partial charge in [0.05, 0.1) is 19.1 Å². The van der Waals surface area contributed by atoms with Crippen LogP contribution < -0.4 is 0 Å². The second-order valence-electron chi connectivity index (χ2n) is 2.87. The number of nitrogens with zero attached hydrogens (tertiary/aromatic N) is 1. The van der Waals surface area contributed by atoms with Crippen molar-refractivity contribution in [3.05, 3.63) is 0 Å². The molecule has 0 aliphatic rings. The molecule has 0 heterocycles. The summed E-state index contributed by atoms with van der Waals surface area (Å²) >= 11 is 0. The maximum Gasteiger partial charge on any atom is 0.306 e. The van der Waals surface area contributed by atoms with E-state index in [0.29, 0.717) is 19.6 Å². The zero-order valence-corrected chi connectivity index (χ0v) is 7.81. The summed E-state index contributed by atoms with van der Waals surface area (Å²) in [5.41, 5.74) is 0. The van der Waals surface area contributed by atoms with E-state index in [1.54, 1.807) is 4.90 Å². The van der Waals surface area contributed by atoms with Crippen molar-refractivity contribution < 1.29 is 20.1 Å². The van der Waals surface area contributed by atoms with Crippen molar-refractivity contribution in [1.82, 2.24) is 4.90 Å². The molecule has 0 aliphatic heterocycles. The smallest absolute Gasteiger partial charge is 0.306 e. The van der Waals surface area contributed by atoms with Gasteiger partial charge in [0.2, 0.25) is 0 Å². The molecule has 0 aromatic rings. The molecule has 0 bridgehead atoms. The number of hydrogen-bond donors (Lipinski definition) is 3. The Morgan fingerprint density at radius 3 is 2.54 bits per heavy atom. The van der Waals surface area contributed by atoms with Gasteiger partial charge >= 0.3 is 5.97 Å². The van der Waals surface area contributed by atoms with E-state index in [1.807, 2.05) is 6.92 Å². The standard InChI is InChI=1S/C8H17NO4/c1-2-9(3-4-10)6-7(11)5-8(12)13/h7,10-11H,2-6H2,1H3,(H,12,13). The molecule has 0 aliphatic carbocycles. The van der Waals surface area contributed by atoms with E-state index in [-0.39, 0.29) is 13.0 Å². The van der Waals surface area contributed by atoms with Gasteiger partial charge < -0.3 is 15.3 Å². The topological polar surface area (TPSA) is 81.0 Å². The van der Waals surface area contributed by atoms with Crippen LogP contribution in [0.5, 0.6) is 0 Å². The lowest BCUT2D eigenvalue weighted by Crippen LogP contribution is -2.35. The molecule has 13 heavy (non-hydrogen) atoms. The Balaban J connectivity index is 3.72. The number of carbonyl (C=O) groups is 1. The van der Waals surface area contributed by atoms with E-state index in [2.05, 4.69) is 0 Å². The summed E-state index contributed by atoms with van der Waals surface area (Å²) in [7, 11) is 0. The van der Waals surface area contributed by atoms with Gasteiger partial charge in [-0.25, -0.2) is 0 Å². The van der Waals surface area contributed by atoms with Crippen LogP contribution in [0.2, 0.25) is 0 Å². The minimum Gasteiger partial charge on any atom is -0.481 e. The van der Waals surface area contributed by atoms with Crippen molar-refractivity contribution in [1.29, 1.82) is 0 Å². The molecule has 5 nitrogen and oxygen atoms in total. The highest BCUT2D eigenvalue weighted by molar-refractivity contribution is 5.67. The van der Waals surface area contributed by atoms with Crippen LogP contribution in [0.1, 0.15) is 13.3 Å². The Kier molecular flexibility index (Phi) is 6.48. The summed E-state index contributed by atoms with van der Waals surface area (Å²) in [6, 6.07) is 0.